The summed E-state index contributed by atoms with van der Waals surface area (Å²) in [7, 11) is -2.81. The Labute approximate surface area is 204 Å². The topological polar surface area (TPSA) is 81.2 Å². The summed E-state index contributed by atoms with van der Waals surface area (Å²) in [6, 6.07) is 19.8. The molecule has 35 heavy (non-hydrogen) atoms. The molecule has 2 atom stereocenters. The van der Waals surface area contributed by atoms with Gasteiger partial charge in [-0.05, 0) is 27.4 Å². The fourth-order valence-electron chi connectivity index (χ4n) is 5.04. The average molecular weight is 493 g/mol. The van der Waals surface area contributed by atoms with E-state index in [0.717, 1.165) is 27.4 Å². The smallest absolute Gasteiger partial charge is 0.329 e. The maximum absolute atomic E-state index is 13.9. The molecule has 1 N–H and O–H groups in total. The first kappa shape index (κ1) is 24.8. The summed E-state index contributed by atoms with van der Waals surface area (Å²) in [6.45, 7) is 6.80. The van der Waals surface area contributed by atoms with Crippen LogP contribution in [0.5, 0.6) is 0 Å². The lowest BCUT2D eigenvalue weighted by Gasteiger charge is -2.43. The SMILES string of the molecule is CC(C)(C)[Si](OC[C@H]1C[C@@H](n2cc(F)c(=O)[nH]c2=O)C=C1C=O)(c1ccccc1)c1ccccc1. The largest absolute Gasteiger partial charge is 0.407 e. The van der Waals surface area contributed by atoms with Gasteiger partial charge in [-0.15, -0.1) is 0 Å². The van der Waals surface area contributed by atoms with Gasteiger partial charge in [0.1, 0.15) is 6.29 Å². The molecule has 1 aromatic heterocycles. The molecule has 0 radical (unpaired) electrons. The molecule has 1 heterocycles. The molecular weight excluding hydrogens is 463 g/mol. The minimum atomic E-state index is -2.81. The van der Waals surface area contributed by atoms with Crippen molar-refractivity contribution in [3.63, 3.8) is 0 Å². The van der Waals surface area contributed by atoms with E-state index in [4.69, 9.17) is 4.43 Å². The summed E-state index contributed by atoms with van der Waals surface area (Å²) in [6.07, 6.45) is 3.71. The Morgan fingerprint density at radius 1 is 1.06 bits per heavy atom. The van der Waals surface area contributed by atoms with E-state index in [2.05, 4.69) is 45.0 Å². The van der Waals surface area contributed by atoms with E-state index in [-0.39, 0.29) is 17.6 Å². The maximum Gasteiger partial charge on any atom is 0.329 e. The number of nitrogens with one attached hydrogen (secondary N) is 1. The van der Waals surface area contributed by atoms with Crippen molar-refractivity contribution in [1.82, 2.24) is 9.55 Å². The standard InChI is InChI=1S/C27H29FN2O4Si/c1-27(2,3)35(22-10-6-4-7-11-22,23-12-8-5-9-13-23)34-18-20-15-21(14-19(20)17-31)30-16-24(28)25(32)29-26(30)33/h4-14,16-17,20-21H,15,18H2,1-3H3,(H,29,32,33)/t20-,21+/m1/s1. The summed E-state index contributed by atoms with van der Waals surface area (Å²) in [5.41, 5.74) is -1.27. The lowest BCUT2D eigenvalue weighted by atomic mass is 10.0. The molecule has 1 aliphatic carbocycles. The van der Waals surface area contributed by atoms with Crippen LogP contribution >= 0.6 is 0 Å². The lowest BCUT2D eigenvalue weighted by Crippen LogP contribution is -2.66. The van der Waals surface area contributed by atoms with Crippen LogP contribution in [0.25, 0.3) is 0 Å². The second-order valence-electron chi connectivity index (χ2n) is 9.90. The highest BCUT2D eigenvalue weighted by Crippen LogP contribution is 2.39. The normalized spacial score (nSPS) is 18.3. The number of carbonyl (C=O) groups is 1. The molecule has 0 spiro atoms. The van der Waals surface area contributed by atoms with E-state index in [1.165, 1.54) is 0 Å². The highest BCUT2D eigenvalue weighted by Gasteiger charge is 2.50. The van der Waals surface area contributed by atoms with Gasteiger partial charge in [0.25, 0.3) is 13.9 Å². The average Bonchev–Trinajstić information content (AvgIpc) is 3.25. The van der Waals surface area contributed by atoms with Gasteiger partial charge in [-0.2, -0.15) is 4.39 Å². The van der Waals surface area contributed by atoms with Gasteiger partial charge >= 0.3 is 5.69 Å². The van der Waals surface area contributed by atoms with Crippen LogP contribution in [-0.2, 0) is 9.22 Å². The maximum atomic E-state index is 13.9. The van der Waals surface area contributed by atoms with Crippen LogP contribution in [0.1, 0.15) is 33.2 Å². The van der Waals surface area contributed by atoms with Crippen LogP contribution in [0.15, 0.2) is 88.1 Å². The van der Waals surface area contributed by atoms with Crippen LogP contribution in [0.2, 0.25) is 5.04 Å². The Balaban J connectivity index is 1.70. The van der Waals surface area contributed by atoms with Crippen LogP contribution in [0.4, 0.5) is 4.39 Å². The molecule has 0 amide bonds. The lowest BCUT2D eigenvalue weighted by molar-refractivity contribution is -0.105. The number of hydrogen-bond acceptors (Lipinski definition) is 4. The minimum Gasteiger partial charge on any atom is -0.407 e. The van der Waals surface area contributed by atoms with Crippen molar-refractivity contribution in [2.75, 3.05) is 6.61 Å². The van der Waals surface area contributed by atoms with E-state index in [1.54, 1.807) is 6.08 Å². The van der Waals surface area contributed by atoms with Crippen molar-refractivity contribution in [1.29, 1.82) is 0 Å². The molecule has 0 saturated carbocycles. The number of aromatic nitrogens is 2. The van der Waals surface area contributed by atoms with Gasteiger partial charge in [-0.3, -0.25) is 19.1 Å². The first-order valence-corrected chi connectivity index (χ1v) is 13.5. The summed E-state index contributed by atoms with van der Waals surface area (Å²) in [4.78, 5) is 37.7. The van der Waals surface area contributed by atoms with Crippen molar-refractivity contribution in [3.05, 3.63) is 105 Å². The van der Waals surface area contributed by atoms with Gasteiger partial charge in [-0.25, -0.2) is 4.79 Å². The number of rotatable bonds is 7. The van der Waals surface area contributed by atoms with Crippen LogP contribution in [0, 0.1) is 11.7 Å². The molecule has 8 heteroatoms. The summed E-state index contributed by atoms with van der Waals surface area (Å²) in [5, 5.41) is 2.03. The Morgan fingerprint density at radius 2 is 1.63 bits per heavy atom. The molecule has 3 aromatic rings. The third-order valence-corrected chi connectivity index (χ3v) is 11.7. The molecule has 0 aliphatic heterocycles. The molecule has 0 unspecified atom stereocenters. The third kappa shape index (κ3) is 4.63. The Morgan fingerprint density at radius 3 is 2.14 bits per heavy atom. The van der Waals surface area contributed by atoms with Crippen molar-refractivity contribution < 1.29 is 13.6 Å². The summed E-state index contributed by atoms with van der Waals surface area (Å²) >= 11 is 0. The summed E-state index contributed by atoms with van der Waals surface area (Å²) in [5.74, 6) is -1.32. The van der Waals surface area contributed by atoms with Gasteiger partial charge in [0.05, 0.1) is 12.2 Å². The van der Waals surface area contributed by atoms with E-state index in [9.17, 15) is 18.8 Å². The van der Waals surface area contributed by atoms with Gasteiger partial charge < -0.3 is 4.43 Å². The Bertz CT molecular complexity index is 1300. The van der Waals surface area contributed by atoms with Gasteiger partial charge in [0.15, 0.2) is 0 Å². The number of nitrogens with zero attached hydrogens (tertiary/aromatic N) is 1. The zero-order valence-electron chi connectivity index (χ0n) is 20.0. The Kier molecular flexibility index (Phi) is 6.87. The van der Waals surface area contributed by atoms with E-state index in [1.807, 2.05) is 41.4 Å². The van der Waals surface area contributed by atoms with Gasteiger partial charge in [-0.1, -0.05) is 87.5 Å². The number of hydrogen-bond donors (Lipinski definition) is 1. The monoisotopic (exact) mass is 492 g/mol. The third-order valence-electron chi connectivity index (χ3n) is 6.72. The zero-order chi connectivity index (χ0) is 25.2. The van der Waals surface area contributed by atoms with E-state index < -0.39 is 31.4 Å². The van der Waals surface area contributed by atoms with E-state index >= 15 is 0 Å². The molecule has 0 saturated heterocycles. The molecular formula is C27H29FN2O4Si. The molecule has 2 aromatic carbocycles. The molecule has 0 fully saturated rings. The molecule has 1 aliphatic rings. The Hall–Kier alpha value is -3.36. The summed E-state index contributed by atoms with van der Waals surface area (Å²) < 4.78 is 22.0. The number of carbonyl (C=O) groups excluding carboxylic acids is 1. The van der Waals surface area contributed by atoms with Gasteiger partial charge in [0, 0.05) is 12.5 Å². The van der Waals surface area contributed by atoms with Crippen molar-refractivity contribution in [3.8, 4) is 0 Å². The molecule has 6 nitrogen and oxygen atoms in total. The number of H-pyrrole nitrogens is 1. The van der Waals surface area contributed by atoms with Crippen LogP contribution in [-0.4, -0.2) is 30.8 Å². The van der Waals surface area contributed by atoms with Crippen LogP contribution in [0.3, 0.4) is 0 Å². The minimum absolute atomic E-state index is 0.224. The molecule has 0 bridgehead atoms. The zero-order valence-corrected chi connectivity index (χ0v) is 21.0. The van der Waals surface area contributed by atoms with E-state index in [0.29, 0.717) is 12.0 Å². The number of aromatic amines is 1. The number of aldehydes is 1. The fourth-order valence-corrected chi connectivity index (χ4v) is 9.65. The first-order valence-electron chi connectivity index (χ1n) is 11.6. The van der Waals surface area contributed by atoms with Crippen molar-refractivity contribution in [2.45, 2.75) is 38.3 Å². The predicted molar refractivity (Wildman–Crippen MR) is 136 cm³/mol. The first-order chi connectivity index (χ1) is 16.7. The number of halogens is 1. The second-order valence-corrected chi connectivity index (χ2v) is 14.2. The fraction of sp³-hybridized carbons (Fsp3) is 0.296. The predicted octanol–water partition coefficient (Wildman–Crippen LogP) is 2.94. The molecule has 4 rings (SSSR count). The highest BCUT2D eigenvalue weighted by molar-refractivity contribution is 6.99. The van der Waals surface area contributed by atoms with Crippen molar-refractivity contribution in [2.24, 2.45) is 5.92 Å². The van der Waals surface area contributed by atoms with Crippen LogP contribution < -0.4 is 21.6 Å². The molecule has 182 valence electrons. The second kappa shape index (κ2) is 9.71. The van der Waals surface area contributed by atoms with Gasteiger partial charge in [0.2, 0.25) is 5.82 Å². The highest BCUT2D eigenvalue weighted by atomic mass is 28.4. The van der Waals surface area contributed by atoms with Crippen molar-refractivity contribution >= 4 is 25.0 Å². The number of benzene rings is 2. The quantitative estimate of drug-likeness (QED) is 0.406. The number of allylic oxidation sites excluding steroid dienone is 1.